The molecule has 4 nitrogen and oxygen atoms in total. The summed E-state index contributed by atoms with van der Waals surface area (Å²) in [7, 11) is 0. The van der Waals surface area contributed by atoms with Gasteiger partial charge in [0.15, 0.2) is 17.5 Å². The molecule has 0 saturated carbocycles. The summed E-state index contributed by atoms with van der Waals surface area (Å²) in [6.45, 7) is 0. The monoisotopic (exact) mass is 716 g/mol. The molecule has 2 aromatic heterocycles. The molecule has 0 radical (unpaired) electrons. The normalized spacial score (nSPS) is 15.0. The lowest BCUT2D eigenvalue weighted by Gasteiger charge is -2.41. The third kappa shape index (κ3) is 4.96. The first-order valence-electron chi connectivity index (χ1n) is 19.3. The number of para-hydroxylation sites is 2. The summed E-state index contributed by atoms with van der Waals surface area (Å²) in [5, 5.41) is 3.87. The Balaban J connectivity index is 1.06. The Labute approximate surface area is 325 Å². The quantitative estimate of drug-likeness (QED) is 0.172. The molecule has 7 aromatic carbocycles. The van der Waals surface area contributed by atoms with Crippen LogP contribution in [0.15, 0.2) is 188 Å². The van der Waals surface area contributed by atoms with Crippen LogP contribution in [0.5, 0.6) is 0 Å². The second-order valence-electron chi connectivity index (χ2n) is 14.7. The first kappa shape index (κ1) is 32.3. The molecule has 1 atom stereocenters. The number of aromatic nitrogens is 4. The van der Waals surface area contributed by atoms with E-state index < -0.39 is 5.41 Å². The van der Waals surface area contributed by atoms with Crippen molar-refractivity contribution in [2.24, 2.45) is 0 Å². The van der Waals surface area contributed by atoms with Crippen LogP contribution in [0.3, 0.4) is 0 Å². The average Bonchev–Trinajstić information content (AvgIpc) is 3.62. The molecule has 56 heavy (non-hydrogen) atoms. The highest BCUT2D eigenvalue weighted by molar-refractivity contribution is 5.93. The Bertz CT molecular complexity index is 2930. The molecule has 264 valence electrons. The lowest BCUT2D eigenvalue weighted by Crippen LogP contribution is -2.38. The van der Waals surface area contributed by atoms with E-state index in [0.717, 1.165) is 23.1 Å². The van der Waals surface area contributed by atoms with Gasteiger partial charge >= 0.3 is 0 Å². The lowest BCUT2D eigenvalue weighted by atomic mass is 9.63. The van der Waals surface area contributed by atoms with E-state index in [2.05, 4.69) is 144 Å². The van der Waals surface area contributed by atoms with Gasteiger partial charge in [0, 0.05) is 33.2 Å². The zero-order chi connectivity index (χ0) is 37.1. The highest BCUT2D eigenvalue weighted by Crippen LogP contribution is 2.51. The van der Waals surface area contributed by atoms with Crippen LogP contribution >= 0.6 is 0 Å². The van der Waals surface area contributed by atoms with Crippen molar-refractivity contribution in [3.63, 3.8) is 0 Å². The van der Waals surface area contributed by atoms with E-state index in [4.69, 9.17) is 15.0 Å². The van der Waals surface area contributed by atoms with Gasteiger partial charge in [0.05, 0.1) is 22.0 Å². The zero-order valence-electron chi connectivity index (χ0n) is 30.6. The maximum atomic E-state index is 4.97. The summed E-state index contributed by atoms with van der Waals surface area (Å²) >= 11 is 0. The van der Waals surface area contributed by atoms with Crippen molar-refractivity contribution in [1.82, 2.24) is 19.5 Å². The largest absolute Gasteiger partial charge is 0.309 e. The molecular weight excluding hydrogens is 681 g/mol. The van der Waals surface area contributed by atoms with Crippen LogP contribution in [0.2, 0.25) is 0 Å². The molecule has 0 saturated heterocycles. The summed E-state index contributed by atoms with van der Waals surface area (Å²) in [5.74, 6) is 2.20. The van der Waals surface area contributed by atoms with E-state index in [9.17, 15) is 0 Å². The van der Waals surface area contributed by atoms with Crippen molar-refractivity contribution < 1.29 is 0 Å². The molecule has 0 spiro atoms. The van der Waals surface area contributed by atoms with E-state index in [0.29, 0.717) is 17.5 Å². The maximum absolute atomic E-state index is 4.97. The predicted molar refractivity (Wildman–Crippen MR) is 227 cm³/mol. The van der Waals surface area contributed by atoms with Gasteiger partial charge < -0.3 is 4.57 Å². The topological polar surface area (TPSA) is 43.6 Å². The number of fused-ring (bicyclic) bond motifs is 5. The standard InChI is InChI=1S/C52H36N4/c1-5-16-36(17-6-1)49-53-50(37-18-7-2-8-19-37)55-51(54-49)38-30-28-35(29-31-38)39-32-33-42-43-24-15-26-45-48(43)56(47(42)34-39)46-27-14-13-25-44(46)52(45,40-20-9-3-10-21-40)41-22-11-4-12-23-41/h1-31,33-34,39H,32H2. The van der Waals surface area contributed by atoms with Gasteiger partial charge in [-0.2, -0.15) is 0 Å². The van der Waals surface area contributed by atoms with Crippen LogP contribution in [-0.2, 0) is 5.41 Å². The van der Waals surface area contributed by atoms with Gasteiger partial charge in [-0.05, 0) is 40.3 Å². The molecule has 0 amide bonds. The van der Waals surface area contributed by atoms with E-state index in [1.54, 1.807) is 0 Å². The Morgan fingerprint density at radius 3 is 1.55 bits per heavy atom. The lowest BCUT2D eigenvalue weighted by molar-refractivity contribution is 0.721. The van der Waals surface area contributed by atoms with E-state index >= 15 is 0 Å². The van der Waals surface area contributed by atoms with E-state index in [1.807, 2.05) is 60.7 Å². The zero-order valence-corrected chi connectivity index (χ0v) is 30.6. The first-order valence-corrected chi connectivity index (χ1v) is 19.3. The summed E-state index contributed by atoms with van der Waals surface area (Å²) in [5.41, 5.74) is 11.3. The second kappa shape index (κ2) is 13.0. The Kier molecular flexibility index (Phi) is 7.49. The minimum atomic E-state index is -0.472. The molecule has 11 rings (SSSR count). The Hall–Kier alpha value is -7.17. The van der Waals surface area contributed by atoms with Gasteiger partial charge in [0.1, 0.15) is 0 Å². The molecule has 1 aliphatic carbocycles. The van der Waals surface area contributed by atoms with E-state index in [-0.39, 0.29) is 5.92 Å². The SMILES string of the molecule is C1=c2c(n3c4c(cccc24)C(c2ccccc2)(c2ccccc2)c2ccccc2-3)=CC(c2ccc(-c3nc(-c4ccccc4)nc(-c4ccccc4)n3)cc2)C1. The fourth-order valence-corrected chi connectivity index (χ4v) is 9.16. The van der Waals surface area contributed by atoms with Gasteiger partial charge in [0.25, 0.3) is 0 Å². The van der Waals surface area contributed by atoms with Crippen molar-refractivity contribution in [2.75, 3.05) is 0 Å². The van der Waals surface area contributed by atoms with Gasteiger partial charge in [-0.15, -0.1) is 0 Å². The molecule has 4 heteroatoms. The van der Waals surface area contributed by atoms with Gasteiger partial charge in [-0.1, -0.05) is 194 Å². The minimum Gasteiger partial charge on any atom is -0.309 e. The van der Waals surface area contributed by atoms with Crippen molar-refractivity contribution in [3.05, 3.63) is 226 Å². The number of hydrogen-bond acceptors (Lipinski definition) is 3. The fraction of sp³-hybridized carbons (Fsp3) is 0.0577. The number of rotatable bonds is 6. The molecular formula is C52H36N4. The summed E-state index contributed by atoms with van der Waals surface area (Å²) in [6.07, 6.45) is 5.87. The van der Waals surface area contributed by atoms with Gasteiger partial charge in [0.2, 0.25) is 0 Å². The van der Waals surface area contributed by atoms with Crippen LogP contribution in [0.25, 0.3) is 62.9 Å². The maximum Gasteiger partial charge on any atom is 0.164 e. The first-order chi connectivity index (χ1) is 27.8. The molecule has 0 N–H and O–H groups in total. The fourth-order valence-electron chi connectivity index (χ4n) is 9.16. The Morgan fingerprint density at radius 1 is 0.464 bits per heavy atom. The van der Waals surface area contributed by atoms with Gasteiger partial charge in [-0.3, -0.25) is 0 Å². The van der Waals surface area contributed by atoms with Gasteiger partial charge in [-0.25, -0.2) is 15.0 Å². The Morgan fingerprint density at radius 2 is 0.964 bits per heavy atom. The predicted octanol–water partition coefficient (Wildman–Crippen LogP) is 10.3. The van der Waals surface area contributed by atoms with Crippen molar-refractivity contribution in [2.45, 2.75) is 17.8 Å². The van der Waals surface area contributed by atoms with Crippen molar-refractivity contribution in [1.29, 1.82) is 0 Å². The molecule has 9 aromatic rings. The number of nitrogens with zero attached hydrogens (tertiary/aromatic N) is 4. The van der Waals surface area contributed by atoms with E-state index in [1.165, 1.54) is 55.0 Å². The van der Waals surface area contributed by atoms with Crippen LogP contribution < -0.4 is 10.6 Å². The molecule has 3 heterocycles. The number of hydrogen-bond donors (Lipinski definition) is 0. The van der Waals surface area contributed by atoms with Crippen LogP contribution in [0.1, 0.15) is 40.2 Å². The summed E-state index contributed by atoms with van der Waals surface area (Å²) < 4.78 is 2.54. The smallest absolute Gasteiger partial charge is 0.164 e. The molecule has 0 bridgehead atoms. The molecule has 0 fully saturated rings. The molecule has 1 unspecified atom stereocenters. The average molecular weight is 717 g/mol. The minimum absolute atomic E-state index is 0.209. The van der Waals surface area contributed by atoms with Crippen molar-refractivity contribution in [3.8, 4) is 39.9 Å². The summed E-state index contributed by atoms with van der Waals surface area (Å²) in [4.78, 5) is 14.8. The third-order valence-electron chi connectivity index (χ3n) is 11.7. The molecule has 2 aliphatic rings. The van der Waals surface area contributed by atoms with Crippen LogP contribution in [-0.4, -0.2) is 19.5 Å². The van der Waals surface area contributed by atoms with Crippen LogP contribution in [0.4, 0.5) is 0 Å². The number of benzene rings is 7. The van der Waals surface area contributed by atoms with Crippen molar-refractivity contribution >= 4 is 23.1 Å². The van der Waals surface area contributed by atoms with Crippen LogP contribution in [0, 0.1) is 0 Å². The summed E-state index contributed by atoms with van der Waals surface area (Å²) in [6, 6.07) is 67.1. The highest BCUT2D eigenvalue weighted by Gasteiger charge is 2.45. The third-order valence-corrected chi connectivity index (χ3v) is 11.7. The second-order valence-corrected chi connectivity index (χ2v) is 14.7. The highest BCUT2D eigenvalue weighted by atomic mass is 15.0. The molecule has 1 aliphatic heterocycles.